The van der Waals surface area contributed by atoms with E-state index in [9.17, 15) is 19.5 Å². The number of aliphatic hydroxyl groups is 1. The summed E-state index contributed by atoms with van der Waals surface area (Å²) in [7, 11) is 1.15. The maximum atomic E-state index is 12.5. The number of carbonyl (C=O) groups is 3. The number of hydrogen-bond donors (Lipinski definition) is 3. The van der Waals surface area contributed by atoms with Crippen molar-refractivity contribution in [2.45, 2.75) is 44.9 Å². The molecule has 26 heavy (non-hydrogen) atoms. The van der Waals surface area contributed by atoms with Crippen LogP contribution in [0, 0.1) is 0 Å². The van der Waals surface area contributed by atoms with Crippen LogP contribution in [0.1, 0.15) is 26.3 Å². The van der Waals surface area contributed by atoms with Gasteiger partial charge in [-0.25, -0.2) is 9.59 Å². The lowest BCUT2D eigenvalue weighted by Crippen LogP contribution is -2.54. The summed E-state index contributed by atoms with van der Waals surface area (Å²) in [4.78, 5) is 36.2. The van der Waals surface area contributed by atoms with Crippen molar-refractivity contribution in [1.82, 2.24) is 10.6 Å². The first-order valence-corrected chi connectivity index (χ1v) is 8.18. The Morgan fingerprint density at radius 3 is 2.19 bits per heavy atom. The quantitative estimate of drug-likeness (QED) is 0.614. The monoisotopic (exact) mass is 366 g/mol. The van der Waals surface area contributed by atoms with E-state index in [1.807, 2.05) is 18.2 Å². The number of ether oxygens (including phenoxy) is 2. The van der Waals surface area contributed by atoms with Crippen molar-refractivity contribution in [1.29, 1.82) is 0 Å². The van der Waals surface area contributed by atoms with Crippen LogP contribution in [0.3, 0.4) is 0 Å². The lowest BCUT2D eigenvalue weighted by Gasteiger charge is -2.24. The third-order valence-corrected chi connectivity index (χ3v) is 3.27. The maximum absolute atomic E-state index is 12.5. The normalized spacial score (nSPS) is 13.3. The zero-order valence-corrected chi connectivity index (χ0v) is 15.4. The highest BCUT2D eigenvalue weighted by Crippen LogP contribution is 2.09. The van der Waals surface area contributed by atoms with Gasteiger partial charge in [-0.2, -0.15) is 0 Å². The van der Waals surface area contributed by atoms with Gasteiger partial charge in [0.05, 0.1) is 13.7 Å². The second-order valence-electron chi connectivity index (χ2n) is 6.66. The van der Waals surface area contributed by atoms with Gasteiger partial charge in [0.25, 0.3) is 0 Å². The van der Waals surface area contributed by atoms with E-state index >= 15 is 0 Å². The van der Waals surface area contributed by atoms with Crippen LogP contribution in [-0.2, 0) is 25.5 Å². The van der Waals surface area contributed by atoms with Crippen molar-refractivity contribution < 1.29 is 29.0 Å². The fourth-order valence-electron chi connectivity index (χ4n) is 2.10. The van der Waals surface area contributed by atoms with Gasteiger partial charge in [-0.05, 0) is 26.3 Å². The standard InChI is InChI=1S/C18H26N2O6/c1-18(2,3)26-17(24)20-13(10-12-8-6-5-7-9-12)15(22)19-14(11-21)16(23)25-4/h5-9,13-14,21H,10-11H2,1-4H3,(H,19,22)(H,20,24)/t13-,14-/m1/s1. The minimum Gasteiger partial charge on any atom is -0.467 e. The van der Waals surface area contributed by atoms with Crippen molar-refractivity contribution in [3.8, 4) is 0 Å². The summed E-state index contributed by atoms with van der Waals surface area (Å²) in [5, 5.41) is 14.1. The third-order valence-electron chi connectivity index (χ3n) is 3.27. The number of aliphatic hydroxyl groups excluding tert-OH is 1. The maximum Gasteiger partial charge on any atom is 0.408 e. The number of carbonyl (C=O) groups excluding carboxylic acids is 3. The van der Waals surface area contributed by atoms with Crippen LogP contribution >= 0.6 is 0 Å². The molecule has 0 bridgehead atoms. The molecule has 0 radical (unpaired) electrons. The number of hydrogen-bond acceptors (Lipinski definition) is 6. The smallest absolute Gasteiger partial charge is 0.408 e. The van der Waals surface area contributed by atoms with E-state index in [1.54, 1.807) is 32.9 Å². The van der Waals surface area contributed by atoms with Gasteiger partial charge < -0.3 is 25.2 Å². The van der Waals surface area contributed by atoms with Crippen molar-refractivity contribution in [3.05, 3.63) is 35.9 Å². The highest BCUT2D eigenvalue weighted by Gasteiger charge is 2.28. The highest BCUT2D eigenvalue weighted by molar-refractivity contribution is 5.90. The van der Waals surface area contributed by atoms with E-state index < -0.39 is 42.3 Å². The fraction of sp³-hybridized carbons (Fsp3) is 0.500. The summed E-state index contributed by atoms with van der Waals surface area (Å²) in [5.74, 6) is -1.42. The van der Waals surface area contributed by atoms with Crippen LogP contribution in [0.25, 0.3) is 0 Å². The summed E-state index contributed by atoms with van der Waals surface area (Å²) >= 11 is 0. The van der Waals surface area contributed by atoms with Gasteiger partial charge in [0.15, 0.2) is 6.04 Å². The molecule has 144 valence electrons. The minimum atomic E-state index is -1.22. The predicted octanol–water partition coefficient (Wildman–Crippen LogP) is 0.772. The Bertz CT molecular complexity index is 612. The molecule has 0 aliphatic rings. The summed E-state index contributed by atoms with van der Waals surface area (Å²) in [6.45, 7) is 4.50. The first-order chi connectivity index (χ1) is 12.2. The topological polar surface area (TPSA) is 114 Å². The Labute approximate surface area is 152 Å². The van der Waals surface area contributed by atoms with Crippen LogP contribution in [0.4, 0.5) is 4.79 Å². The molecule has 1 rings (SSSR count). The molecule has 3 N–H and O–H groups in total. The molecule has 0 aliphatic heterocycles. The second-order valence-corrected chi connectivity index (χ2v) is 6.66. The number of methoxy groups -OCH3 is 1. The number of amides is 2. The highest BCUT2D eigenvalue weighted by atomic mass is 16.6. The van der Waals surface area contributed by atoms with Gasteiger partial charge in [0.2, 0.25) is 5.91 Å². The molecule has 0 fully saturated rings. The fourth-order valence-corrected chi connectivity index (χ4v) is 2.10. The minimum absolute atomic E-state index is 0.186. The van der Waals surface area contributed by atoms with Gasteiger partial charge >= 0.3 is 12.1 Å². The average molecular weight is 366 g/mol. The number of benzene rings is 1. The predicted molar refractivity (Wildman–Crippen MR) is 94.3 cm³/mol. The molecule has 8 heteroatoms. The van der Waals surface area contributed by atoms with Crippen molar-refractivity contribution in [3.63, 3.8) is 0 Å². The first kappa shape index (κ1) is 21.4. The molecule has 2 atom stereocenters. The molecule has 1 aromatic rings. The second kappa shape index (κ2) is 9.76. The van der Waals surface area contributed by atoms with Crippen molar-refractivity contribution in [2.75, 3.05) is 13.7 Å². The SMILES string of the molecule is COC(=O)[C@@H](CO)NC(=O)[C@@H](Cc1ccccc1)NC(=O)OC(C)(C)C. The lowest BCUT2D eigenvalue weighted by molar-refractivity contribution is -0.146. The summed E-state index contributed by atoms with van der Waals surface area (Å²) in [6, 6.07) is 6.85. The molecule has 0 saturated carbocycles. The van der Waals surface area contributed by atoms with E-state index in [4.69, 9.17) is 4.74 Å². The Balaban J connectivity index is 2.89. The molecule has 8 nitrogen and oxygen atoms in total. The van der Waals surface area contributed by atoms with Crippen LogP contribution in [0.2, 0.25) is 0 Å². The van der Waals surface area contributed by atoms with Crippen molar-refractivity contribution in [2.24, 2.45) is 0 Å². The van der Waals surface area contributed by atoms with E-state index in [0.29, 0.717) is 0 Å². The summed E-state index contributed by atoms with van der Waals surface area (Å²) < 4.78 is 9.71. The zero-order valence-electron chi connectivity index (χ0n) is 15.4. The van der Waals surface area contributed by atoms with Crippen LogP contribution in [0.5, 0.6) is 0 Å². The van der Waals surface area contributed by atoms with E-state index in [-0.39, 0.29) is 6.42 Å². The van der Waals surface area contributed by atoms with E-state index in [2.05, 4.69) is 15.4 Å². The number of alkyl carbamates (subject to hydrolysis) is 1. The van der Waals surface area contributed by atoms with Crippen LogP contribution in [-0.4, -0.2) is 54.5 Å². The average Bonchev–Trinajstić information content (AvgIpc) is 2.57. The molecule has 0 aliphatic carbocycles. The molecule has 0 heterocycles. The molecule has 1 aromatic carbocycles. The molecule has 2 amide bonds. The third kappa shape index (κ3) is 7.52. The number of nitrogens with one attached hydrogen (secondary N) is 2. The van der Waals surface area contributed by atoms with Gasteiger partial charge in [-0.1, -0.05) is 30.3 Å². The zero-order chi connectivity index (χ0) is 19.7. The van der Waals surface area contributed by atoms with Gasteiger partial charge in [0.1, 0.15) is 11.6 Å². The molecule has 0 saturated heterocycles. The Morgan fingerprint density at radius 2 is 1.69 bits per heavy atom. The summed E-state index contributed by atoms with van der Waals surface area (Å²) in [6.07, 6.45) is -0.571. The van der Waals surface area contributed by atoms with E-state index in [0.717, 1.165) is 12.7 Å². The number of esters is 1. The first-order valence-electron chi connectivity index (χ1n) is 8.18. The van der Waals surface area contributed by atoms with Gasteiger partial charge in [-0.3, -0.25) is 4.79 Å². The lowest BCUT2D eigenvalue weighted by atomic mass is 10.0. The van der Waals surface area contributed by atoms with Gasteiger partial charge in [-0.15, -0.1) is 0 Å². The van der Waals surface area contributed by atoms with Gasteiger partial charge in [0, 0.05) is 6.42 Å². The Kier molecular flexibility index (Phi) is 8.05. The van der Waals surface area contributed by atoms with E-state index in [1.165, 1.54) is 0 Å². The molecule has 0 unspecified atom stereocenters. The Hall–Kier alpha value is -2.61. The molecule has 0 aromatic heterocycles. The Morgan fingerprint density at radius 1 is 1.08 bits per heavy atom. The number of rotatable bonds is 7. The molecular weight excluding hydrogens is 340 g/mol. The van der Waals surface area contributed by atoms with Crippen molar-refractivity contribution >= 4 is 18.0 Å². The largest absolute Gasteiger partial charge is 0.467 e. The molecular formula is C18H26N2O6. The summed E-state index contributed by atoms with van der Waals surface area (Å²) in [5.41, 5.74) is 0.0830. The molecule has 0 spiro atoms. The van der Waals surface area contributed by atoms with Crippen LogP contribution in [0.15, 0.2) is 30.3 Å². The van der Waals surface area contributed by atoms with Crippen LogP contribution < -0.4 is 10.6 Å².